The largest absolute Gasteiger partial charge is 0.463 e. The van der Waals surface area contributed by atoms with E-state index in [2.05, 4.69) is 9.47 Å². The molecule has 156 valence electrons. The number of esters is 4. The van der Waals surface area contributed by atoms with Crippen LogP contribution in [-0.4, -0.2) is 37.1 Å². The minimum Gasteiger partial charge on any atom is -0.463 e. The van der Waals surface area contributed by atoms with E-state index in [1.807, 2.05) is 0 Å². The quantitative estimate of drug-likeness (QED) is 0.209. The van der Waals surface area contributed by atoms with E-state index in [9.17, 15) is 19.2 Å². The molecule has 8 heteroatoms. The molecule has 0 heterocycles. The summed E-state index contributed by atoms with van der Waals surface area (Å²) in [5, 5.41) is 0. The maximum absolute atomic E-state index is 12.8. The van der Waals surface area contributed by atoms with Crippen molar-refractivity contribution in [2.45, 2.75) is 11.8 Å². The van der Waals surface area contributed by atoms with Crippen LogP contribution < -0.4 is 0 Å². The number of carbonyl (C=O) groups excluding carboxylic acids is 4. The summed E-state index contributed by atoms with van der Waals surface area (Å²) in [5.41, 5.74) is 0.815. The van der Waals surface area contributed by atoms with Crippen LogP contribution in [0.15, 0.2) is 72.8 Å². The number of carbonyl (C=O) groups is 4. The van der Waals surface area contributed by atoms with E-state index in [1.165, 1.54) is 0 Å². The van der Waals surface area contributed by atoms with E-state index in [1.54, 1.807) is 67.6 Å². The van der Waals surface area contributed by atoms with E-state index in [0.717, 1.165) is 12.2 Å². The zero-order valence-corrected chi connectivity index (χ0v) is 16.8. The molecule has 0 aliphatic carbocycles. The van der Waals surface area contributed by atoms with Crippen molar-refractivity contribution < 1.29 is 33.4 Å². The van der Waals surface area contributed by atoms with E-state index in [0.29, 0.717) is 11.1 Å². The van der Waals surface area contributed by atoms with Gasteiger partial charge in [0.2, 0.25) is 0 Å². The molecule has 0 radical (unpaired) electrons. The maximum atomic E-state index is 12.8. The lowest BCUT2D eigenvalue weighted by Gasteiger charge is -2.25. The van der Waals surface area contributed by atoms with Gasteiger partial charge in [-0.3, -0.25) is 0 Å². The zero-order chi connectivity index (χ0) is 22.0. The summed E-state index contributed by atoms with van der Waals surface area (Å²) in [6.07, 6.45) is 1.66. The Labute approximate surface area is 178 Å². The summed E-state index contributed by atoms with van der Waals surface area (Å²) in [6.45, 7) is 0.919. The minimum absolute atomic E-state index is 0.148. The first-order valence-electron chi connectivity index (χ1n) is 8.94. The highest BCUT2D eigenvalue weighted by molar-refractivity contribution is 6.36. The fourth-order valence-electron chi connectivity index (χ4n) is 2.45. The number of rotatable bonds is 8. The van der Waals surface area contributed by atoms with Crippen LogP contribution in [0.1, 0.15) is 18.1 Å². The van der Waals surface area contributed by atoms with Crippen LogP contribution in [0.25, 0.3) is 0 Å². The molecular formula is C22H19ClO7. The third-order valence-electron chi connectivity index (χ3n) is 3.81. The fraction of sp³-hybridized carbons (Fsp3) is 0.182. The molecule has 30 heavy (non-hydrogen) atoms. The normalized spacial score (nSPS) is 11.0. The summed E-state index contributed by atoms with van der Waals surface area (Å²) >= 11 is 6.66. The molecule has 0 saturated carbocycles. The van der Waals surface area contributed by atoms with Crippen LogP contribution in [0.4, 0.5) is 0 Å². The summed E-state index contributed by atoms with van der Waals surface area (Å²) in [7, 11) is 0. The molecule has 0 saturated heterocycles. The molecule has 0 N–H and O–H groups in total. The first-order chi connectivity index (χ1) is 14.4. The van der Waals surface area contributed by atoms with Crippen LogP contribution in [0.2, 0.25) is 0 Å². The average Bonchev–Trinajstić information content (AvgIpc) is 2.77. The lowest BCUT2D eigenvalue weighted by Crippen LogP contribution is -2.35. The molecule has 0 unspecified atom stereocenters. The number of ether oxygens (including phenoxy) is 3. The van der Waals surface area contributed by atoms with Gasteiger partial charge in [-0.15, -0.1) is 0 Å². The van der Waals surface area contributed by atoms with Gasteiger partial charge in [-0.2, -0.15) is 0 Å². The van der Waals surface area contributed by atoms with Gasteiger partial charge in [0.05, 0.1) is 6.61 Å². The molecular weight excluding hydrogens is 412 g/mol. The molecule has 0 spiro atoms. The van der Waals surface area contributed by atoms with Crippen molar-refractivity contribution in [1.82, 2.24) is 0 Å². The molecule has 0 amide bonds. The first-order valence-corrected chi connectivity index (χ1v) is 9.32. The molecule has 0 fully saturated rings. The molecule has 0 aromatic heterocycles. The van der Waals surface area contributed by atoms with Gasteiger partial charge in [-0.25, -0.2) is 19.2 Å². The van der Waals surface area contributed by atoms with Gasteiger partial charge in [0.25, 0.3) is 0 Å². The molecule has 0 atom stereocenters. The van der Waals surface area contributed by atoms with Crippen molar-refractivity contribution in [3.8, 4) is 0 Å². The molecule has 2 aromatic rings. The van der Waals surface area contributed by atoms with Crippen molar-refractivity contribution in [2.75, 3.05) is 13.2 Å². The highest BCUT2D eigenvalue weighted by atomic mass is 35.5. The Morgan fingerprint density at radius 3 is 1.77 bits per heavy atom. The van der Waals surface area contributed by atoms with Crippen LogP contribution in [0.3, 0.4) is 0 Å². The molecule has 0 aliphatic heterocycles. The molecule has 0 aliphatic rings. The second-order valence-electron chi connectivity index (χ2n) is 5.85. The minimum atomic E-state index is -1.77. The predicted molar refractivity (Wildman–Crippen MR) is 107 cm³/mol. The Bertz CT molecular complexity index is 884. The van der Waals surface area contributed by atoms with E-state index < -0.39 is 35.4 Å². The number of hydrogen-bond donors (Lipinski definition) is 0. The Morgan fingerprint density at radius 2 is 1.30 bits per heavy atom. The lowest BCUT2D eigenvalue weighted by molar-refractivity contribution is -0.167. The molecule has 0 bridgehead atoms. The van der Waals surface area contributed by atoms with Crippen LogP contribution in [0.5, 0.6) is 0 Å². The third kappa shape index (κ3) is 6.02. The second-order valence-corrected chi connectivity index (χ2v) is 6.41. The number of halogens is 1. The maximum Gasteiger partial charge on any atom is 0.351 e. The van der Waals surface area contributed by atoms with Crippen molar-refractivity contribution in [1.29, 1.82) is 0 Å². The average molecular weight is 431 g/mol. The predicted octanol–water partition coefficient (Wildman–Crippen LogP) is 2.90. The van der Waals surface area contributed by atoms with Crippen molar-refractivity contribution in [2.24, 2.45) is 0 Å². The highest BCUT2D eigenvalue weighted by Crippen LogP contribution is 2.38. The Kier molecular flexibility index (Phi) is 8.31. The number of benzene rings is 2. The smallest absolute Gasteiger partial charge is 0.351 e. The van der Waals surface area contributed by atoms with Gasteiger partial charge in [0, 0.05) is 12.2 Å². The van der Waals surface area contributed by atoms with E-state index in [-0.39, 0.29) is 6.61 Å². The number of alkyl halides is 1. The van der Waals surface area contributed by atoms with Gasteiger partial charge in [0.1, 0.15) is 0 Å². The van der Waals surface area contributed by atoms with Crippen LogP contribution in [0, 0.1) is 0 Å². The Hall–Kier alpha value is -3.45. The van der Waals surface area contributed by atoms with E-state index >= 15 is 0 Å². The summed E-state index contributed by atoms with van der Waals surface area (Å²) in [4.78, 5) is 45.7. The molecule has 7 nitrogen and oxygen atoms in total. The Morgan fingerprint density at radius 1 is 0.833 bits per heavy atom. The van der Waals surface area contributed by atoms with Crippen molar-refractivity contribution >= 4 is 35.5 Å². The van der Waals surface area contributed by atoms with Gasteiger partial charge in [-0.05, 0) is 18.1 Å². The monoisotopic (exact) mass is 430 g/mol. The van der Waals surface area contributed by atoms with Crippen LogP contribution >= 0.6 is 11.6 Å². The van der Waals surface area contributed by atoms with Crippen molar-refractivity contribution in [3.63, 3.8) is 0 Å². The Balaban J connectivity index is 2.07. The SMILES string of the molecule is CCOC(=O)/C=C\C(=O)OCC(=O)OC(=O)C(Cl)(c1ccccc1)c1ccccc1. The molecule has 2 rings (SSSR count). The van der Waals surface area contributed by atoms with Crippen molar-refractivity contribution in [3.05, 3.63) is 83.9 Å². The summed E-state index contributed by atoms with van der Waals surface area (Å²) in [6, 6.07) is 16.8. The van der Waals surface area contributed by atoms with Crippen LogP contribution in [-0.2, 0) is 38.3 Å². The van der Waals surface area contributed by atoms with E-state index in [4.69, 9.17) is 16.3 Å². The highest BCUT2D eigenvalue weighted by Gasteiger charge is 2.43. The fourth-order valence-corrected chi connectivity index (χ4v) is 2.74. The van der Waals surface area contributed by atoms with Gasteiger partial charge in [0.15, 0.2) is 11.5 Å². The third-order valence-corrected chi connectivity index (χ3v) is 4.40. The van der Waals surface area contributed by atoms with Gasteiger partial charge >= 0.3 is 23.9 Å². The summed E-state index contributed by atoms with van der Waals surface area (Å²) in [5.74, 6) is -3.86. The zero-order valence-electron chi connectivity index (χ0n) is 16.1. The second kappa shape index (κ2) is 10.9. The topological polar surface area (TPSA) is 96.0 Å². The van der Waals surface area contributed by atoms with Gasteiger partial charge < -0.3 is 14.2 Å². The first kappa shape index (κ1) is 22.8. The number of hydrogen-bond acceptors (Lipinski definition) is 7. The van der Waals surface area contributed by atoms with Gasteiger partial charge in [-0.1, -0.05) is 72.3 Å². The standard InChI is InChI=1S/C22H19ClO7/c1-2-28-18(24)13-14-19(25)29-15-20(26)30-21(27)22(23,16-9-5-3-6-10-16)17-11-7-4-8-12-17/h3-14H,2,15H2,1H3/b14-13-. The lowest BCUT2D eigenvalue weighted by atomic mass is 9.90. The summed E-state index contributed by atoms with van der Waals surface area (Å²) < 4.78 is 14.1. The molecule has 2 aromatic carbocycles.